The maximum absolute atomic E-state index is 12.8. The van der Waals surface area contributed by atoms with Gasteiger partial charge < -0.3 is 14.2 Å². The Kier molecular flexibility index (Phi) is 50.5. The molecule has 0 N–H and O–H groups in total. The van der Waals surface area contributed by atoms with Crippen LogP contribution in [-0.4, -0.2) is 37.2 Å². The number of rotatable bonds is 53. The van der Waals surface area contributed by atoms with Crippen LogP contribution >= 0.6 is 0 Å². The third-order valence-electron chi connectivity index (χ3n) is 13.5. The average molecular weight is 920 g/mol. The first kappa shape index (κ1) is 63.4. The first-order chi connectivity index (χ1) is 31.7. The first-order valence-electron chi connectivity index (χ1n) is 29.2. The highest BCUT2D eigenvalue weighted by molar-refractivity contribution is 5.71. The van der Waals surface area contributed by atoms with Gasteiger partial charge in [-0.15, -0.1) is 0 Å². The zero-order valence-corrected chi connectivity index (χ0v) is 44.6. The van der Waals surface area contributed by atoms with E-state index in [1.165, 1.54) is 218 Å². The molecule has 0 saturated carbocycles. The van der Waals surface area contributed by atoms with E-state index in [1.54, 1.807) is 0 Å². The number of hydrogen-bond acceptors (Lipinski definition) is 6. The molecule has 0 bridgehead atoms. The van der Waals surface area contributed by atoms with E-state index < -0.39 is 6.10 Å². The van der Waals surface area contributed by atoms with Crippen molar-refractivity contribution < 1.29 is 28.6 Å². The summed E-state index contributed by atoms with van der Waals surface area (Å²) in [7, 11) is 0. The Morgan fingerprint density at radius 2 is 0.508 bits per heavy atom. The molecule has 0 radical (unpaired) electrons. The zero-order valence-electron chi connectivity index (χ0n) is 44.6. The third-order valence-corrected chi connectivity index (χ3v) is 13.5. The van der Waals surface area contributed by atoms with Gasteiger partial charge in [0.2, 0.25) is 0 Å². The lowest BCUT2D eigenvalue weighted by molar-refractivity contribution is -0.167. The minimum absolute atomic E-state index is 0.0624. The second kappa shape index (κ2) is 51.8. The molecule has 0 heterocycles. The molecule has 0 amide bonds. The molecule has 0 saturated heterocycles. The molecule has 0 rings (SSSR count). The summed E-state index contributed by atoms with van der Waals surface area (Å²) in [6.45, 7) is 11.4. The van der Waals surface area contributed by atoms with Crippen molar-refractivity contribution in [2.75, 3.05) is 13.2 Å². The summed E-state index contributed by atoms with van der Waals surface area (Å²) >= 11 is 0. The summed E-state index contributed by atoms with van der Waals surface area (Å²) in [5.74, 6) is 0.851. The van der Waals surface area contributed by atoms with Crippen molar-refractivity contribution in [2.24, 2.45) is 11.8 Å². The molecule has 0 aliphatic rings. The number of carbonyl (C=O) groups excluding carboxylic acids is 3. The van der Waals surface area contributed by atoms with Crippen molar-refractivity contribution in [3.63, 3.8) is 0 Å². The molecule has 0 aromatic heterocycles. The molecule has 6 nitrogen and oxygen atoms in total. The smallest absolute Gasteiger partial charge is 0.306 e. The fourth-order valence-corrected chi connectivity index (χ4v) is 9.05. The second-order valence-corrected chi connectivity index (χ2v) is 21.2. The van der Waals surface area contributed by atoms with E-state index in [0.717, 1.165) is 69.6 Å². The zero-order chi connectivity index (χ0) is 47.5. The van der Waals surface area contributed by atoms with Gasteiger partial charge in [-0.05, 0) is 31.1 Å². The van der Waals surface area contributed by atoms with E-state index in [9.17, 15) is 14.4 Å². The molecule has 0 fully saturated rings. The average Bonchev–Trinajstić information content (AvgIpc) is 3.28. The van der Waals surface area contributed by atoms with Gasteiger partial charge in [-0.2, -0.15) is 0 Å². The summed E-state index contributed by atoms with van der Waals surface area (Å²) in [6.07, 6.45) is 55.2. The standard InChI is InChI=1S/C59H114O6/c1-6-7-8-9-10-11-12-17-26-31-36-41-46-51-59(62)65-56(53-64-58(61)50-45-40-35-30-25-21-16-19-23-28-33-38-43-48-55(4)5)52-63-57(60)49-44-39-34-29-24-20-15-13-14-18-22-27-32-37-42-47-54(2)3/h54-56H,6-53H2,1-5H3/t56-/m1/s1. The Hall–Kier alpha value is -1.59. The van der Waals surface area contributed by atoms with E-state index in [0.29, 0.717) is 19.3 Å². The van der Waals surface area contributed by atoms with Crippen LogP contribution in [0.4, 0.5) is 0 Å². The molecule has 0 unspecified atom stereocenters. The van der Waals surface area contributed by atoms with Gasteiger partial charge in [-0.1, -0.05) is 291 Å². The fraction of sp³-hybridized carbons (Fsp3) is 0.949. The molecule has 0 aliphatic heterocycles. The van der Waals surface area contributed by atoms with Gasteiger partial charge in [0.1, 0.15) is 13.2 Å². The van der Waals surface area contributed by atoms with Crippen LogP contribution in [0.15, 0.2) is 0 Å². The van der Waals surface area contributed by atoms with E-state index in [4.69, 9.17) is 14.2 Å². The maximum atomic E-state index is 12.8. The van der Waals surface area contributed by atoms with Crippen LogP contribution < -0.4 is 0 Å². The second-order valence-electron chi connectivity index (χ2n) is 21.2. The third kappa shape index (κ3) is 53.2. The molecule has 65 heavy (non-hydrogen) atoms. The molecular weight excluding hydrogens is 805 g/mol. The molecule has 0 spiro atoms. The lowest BCUT2D eigenvalue weighted by Crippen LogP contribution is -2.30. The largest absolute Gasteiger partial charge is 0.462 e. The summed E-state index contributed by atoms with van der Waals surface area (Å²) in [4.78, 5) is 38.1. The van der Waals surface area contributed by atoms with Crippen molar-refractivity contribution in [3.8, 4) is 0 Å². The van der Waals surface area contributed by atoms with Gasteiger partial charge in [0.05, 0.1) is 0 Å². The molecule has 6 heteroatoms. The van der Waals surface area contributed by atoms with Crippen molar-refractivity contribution in [2.45, 2.75) is 336 Å². The van der Waals surface area contributed by atoms with E-state index in [-0.39, 0.29) is 31.1 Å². The van der Waals surface area contributed by atoms with Crippen LogP contribution in [0.1, 0.15) is 330 Å². The predicted octanol–water partition coefficient (Wildman–Crippen LogP) is 19.3. The van der Waals surface area contributed by atoms with E-state index in [2.05, 4.69) is 34.6 Å². The van der Waals surface area contributed by atoms with Gasteiger partial charge in [0.25, 0.3) is 0 Å². The van der Waals surface area contributed by atoms with Gasteiger partial charge >= 0.3 is 17.9 Å². The quantitative estimate of drug-likeness (QED) is 0.0344. The molecular formula is C59H114O6. The molecule has 0 aromatic rings. The summed E-state index contributed by atoms with van der Waals surface area (Å²) < 4.78 is 16.9. The van der Waals surface area contributed by atoms with Gasteiger partial charge in [0.15, 0.2) is 6.10 Å². The summed E-state index contributed by atoms with van der Waals surface area (Å²) in [5, 5.41) is 0. The fourth-order valence-electron chi connectivity index (χ4n) is 9.05. The van der Waals surface area contributed by atoms with Crippen LogP contribution in [0.25, 0.3) is 0 Å². The Labute approximate surface area is 406 Å². The minimum atomic E-state index is -0.762. The lowest BCUT2D eigenvalue weighted by Gasteiger charge is -2.18. The van der Waals surface area contributed by atoms with Crippen LogP contribution in [0.2, 0.25) is 0 Å². The molecule has 0 aliphatic carbocycles. The number of esters is 3. The molecule has 1 atom stereocenters. The summed E-state index contributed by atoms with van der Waals surface area (Å²) in [5.41, 5.74) is 0. The van der Waals surface area contributed by atoms with Crippen LogP contribution in [0.3, 0.4) is 0 Å². The monoisotopic (exact) mass is 919 g/mol. The van der Waals surface area contributed by atoms with Crippen molar-refractivity contribution >= 4 is 17.9 Å². The lowest BCUT2D eigenvalue weighted by atomic mass is 10.0. The Balaban J connectivity index is 4.27. The molecule has 0 aromatic carbocycles. The van der Waals surface area contributed by atoms with Crippen molar-refractivity contribution in [1.29, 1.82) is 0 Å². The van der Waals surface area contributed by atoms with E-state index >= 15 is 0 Å². The van der Waals surface area contributed by atoms with Gasteiger partial charge in [0, 0.05) is 19.3 Å². The highest BCUT2D eigenvalue weighted by atomic mass is 16.6. The number of unbranched alkanes of at least 4 members (excludes halogenated alkanes) is 38. The Morgan fingerprint density at radius 1 is 0.292 bits per heavy atom. The van der Waals surface area contributed by atoms with Crippen molar-refractivity contribution in [3.05, 3.63) is 0 Å². The Morgan fingerprint density at radius 3 is 0.754 bits per heavy atom. The van der Waals surface area contributed by atoms with Crippen LogP contribution in [-0.2, 0) is 28.6 Å². The molecule has 386 valence electrons. The number of carbonyl (C=O) groups is 3. The number of ether oxygens (including phenoxy) is 3. The Bertz CT molecular complexity index is 993. The van der Waals surface area contributed by atoms with Gasteiger partial charge in [-0.25, -0.2) is 0 Å². The first-order valence-corrected chi connectivity index (χ1v) is 29.2. The number of hydrogen-bond donors (Lipinski definition) is 0. The van der Waals surface area contributed by atoms with Crippen molar-refractivity contribution in [1.82, 2.24) is 0 Å². The maximum Gasteiger partial charge on any atom is 0.306 e. The highest BCUT2D eigenvalue weighted by Gasteiger charge is 2.19. The highest BCUT2D eigenvalue weighted by Crippen LogP contribution is 2.18. The van der Waals surface area contributed by atoms with Crippen LogP contribution in [0, 0.1) is 11.8 Å². The normalized spacial score (nSPS) is 12.0. The van der Waals surface area contributed by atoms with E-state index in [1.807, 2.05) is 0 Å². The van der Waals surface area contributed by atoms with Crippen LogP contribution in [0.5, 0.6) is 0 Å². The summed E-state index contributed by atoms with van der Waals surface area (Å²) in [6, 6.07) is 0. The SMILES string of the molecule is CCCCCCCCCCCCCCCC(=O)O[C@H](COC(=O)CCCCCCCCCCCCCCCCCC(C)C)COC(=O)CCCCCCCCCCCCCCCC(C)C. The minimum Gasteiger partial charge on any atom is -0.462 e. The predicted molar refractivity (Wildman–Crippen MR) is 280 cm³/mol. The topological polar surface area (TPSA) is 78.9 Å². The van der Waals surface area contributed by atoms with Gasteiger partial charge in [-0.3, -0.25) is 14.4 Å².